The zero-order valence-electron chi connectivity index (χ0n) is 14.5. The highest BCUT2D eigenvalue weighted by Gasteiger charge is 2.19. The largest absolute Gasteiger partial charge is 0.393 e. The van der Waals surface area contributed by atoms with Crippen molar-refractivity contribution < 1.29 is 13.9 Å². The lowest BCUT2D eigenvalue weighted by Crippen LogP contribution is -2.14. The van der Waals surface area contributed by atoms with Crippen molar-refractivity contribution in [1.29, 1.82) is 0 Å². The van der Waals surface area contributed by atoms with Crippen molar-refractivity contribution in [2.45, 2.75) is 31.3 Å². The van der Waals surface area contributed by atoms with Gasteiger partial charge in [-0.1, -0.05) is 54.6 Å². The Labute approximate surface area is 152 Å². The molecule has 0 saturated carbocycles. The van der Waals surface area contributed by atoms with Crippen molar-refractivity contribution in [3.8, 4) is 0 Å². The van der Waals surface area contributed by atoms with E-state index < -0.39 is 6.10 Å². The highest BCUT2D eigenvalue weighted by atomic mass is 19.1. The number of aliphatic hydroxyl groups excluding tert-OH is 1. The van der Waals surface area contributed by atoms with Crippen molar-refractivity contribution in [3.63, 3.8) is 0 Å². The molecule has 1 atom stereocenters. The molecule has 3 rings (SSSR count). The molecule has 0 saturated heterocycles. The van der Waals surface area contributed by atoms with Gasteiger partial charge in [0.15, 0.2) is 0 Å². The van der Waals surface area contributed by atoms with Crippen molar-refractivity contribution >= 4 is 0 Å². The molecule has 0 heterocycles. The fourth-order valence-corrected chi connectivity index (χ4v) is 3.22. The summed E-state index contributed by atoms with van der Waals surface area (Å²) < 4.78 is 26.6. The number of aryl methyl sites for hydroxylation is 1. The van der Waals surface area contributed by atoms with Gasteiger partial charge in [-0.15, -0.1) is 0 Å². The van der Waals surface area contributed by atoms with Crippen LogP contribution in [0.15, 0.2) is 78.9 Å². The zero-order valence-corrected chi connectivity index (χ0v) is 14.5. The van der Waals surface area contributed by atoms with E-state index in [2.05, 4.69) is 0 Å². The summed E-state index contributed by atoms with van der Waals surface area (Å²) >= 11 is 0. The molecule has 0 aliphatic rings. The van der Waals surface area contributed by atoms with Crippen LogP contribution < -0.4 is 0 Å². The normalized spacial score (nSPS) is 12.3. The quantitative estimate of drug-likeness (QED) is 0.597. The molecule has 0 spiro atoms. The predicted molar refractivity (Wildman–Crippen MR) is 100 cm³/mol. The van der Waals surface area contributed by atoms with Crippen molar-refractivity contribution in [1.82, 2.24) is 0 Å². The van der Waals surface area contributed by atoms with Crippen LogP contribution in [0, 0.1) is 11.6 Å². The van der Waals surface area contributed by atoms with Gasteiger partial charge >= 0.3 is 0 Å². The third-order valence-electron chi connectivity index (χ3n) is 4.66. The van der Waals surface area contributed by atoms with Crippen molar-refractivity contribution in [2.24, 2.45) is 0 Å². The number of benzene rings is 3. The molecular formula is C23H22F2O. The molecule has 26 heavy (non-hydrogen) atoms. The molecule has 0 radical (unpaired) electrons. The maximum Gasteiger partial charge on any atom is 0.123 e. The topological polar surface area (TPSA) is 20.2 Å². The van der Waals surface area contributed by atoms with E-state index in [1.807, 2.05) is 30.3 Å². The summed E-state index contributed by atoms with van der Waals surface area (Å²) in [5.41, 5.74) is 3.01. The van der Waals surface area contributed by atoms with Gasteiger partial charge in [-0.2, -0.15) is 0 Å². The Bertz CT molecular complexity index is 752. The Kier molecular flexibility index (Phi) is 6.13. The Balaban J connectivity index is 1.74. The Morgan fingerprint density at radius 3 is 1.69 bits per heavy atom. The van der Waals surface area contributed by atoms with Crippen LogP contribution in [0.1, 0.15) is 35.4 Å². The summed E-state index contributed by atoms with van der Waals surface area (Å²) in [5.74, 6) is -0.700. The molecule has 3 aromatic carbocycles. The zero-order chi connectivity index (χ0) is 18.4. The van der Waals surface area contributed by atoms with E-state index in [9.17, 15) is 13.9 Å². The van der Waals surface area contributed by atoms with E-state index >= 15 is 0 Å². The Hall–Kier alpha value is -2.52. The Morgan fingerprint density at radius 2 is 1.19 bits per heavy atom. The number of hydrogen-bond acceptors (Lipinski definition) is 1. The average molecular weight is 352 g/mol. The number of aliphatic hydroxyl groups is 1. The highest BCUT2D eigenvalue weighted by molar-refractivity contribution is 5.33. The molecule has 134 valence electrons. The predicted octanol–water partition coefficient (Wildman–Crippen LogP) is 5.48. The van der Waals surface area contributed by atoms with E-state index in [1.165, 1.54) is 29.8 Å². The first-order chi connectivity index (χ1) is 12.6. The van der Waals surface area contributed by atoms with E-state index in [-0.39, 0.29) is 17.6 Å². The van der Waals surface area contributed by atoms with Crippen LogP contribution >= 0.6 is 0 Å². The second kappa shape index (κ2) is 8.72. The van der Waals surface area contributed by atoms with Gasteiger partial charge in [-0.3, -0.25) is 0 Å². The molecule has 1 N–H and O–H groups in total. The van der Waals surface area contributed by atoms with Gasteiger partial charge in [-0.05, 0) is 60.2 Å². The van der Waals surface area contributed by atoms with Gasteiger partial charge in [0.05, 0.1) is 6.10 Å². The molecule has 1 unspecified atom stereocenters. The maximum absolute atomic E-state index is 13.3. The minimum atomic E-state index is -0.504. The third-order valence-corrected chi connectivity index (χ3v) is 4.66. The van der Waals surface area contributed by atoms with Gasteiger partial charge in [0, 0.05) is 5.92 Å². The lowest BCUT2D eigenvalue weighted by atomic mass is 9.85. The molecule has 0 bridgehead atoms. The average Bonchev–Trinajstić information content (AvgIpc) is 2.67. The molecule has 1 nitrogen and oxygen atoms in total. The minimum Gasteiger partial charge on any atom is -0.393 e. The summed E-state index contributed by atoms with van der Waals surface area (Å²) in [6.07, 6.45) is 1.43. The van der Waals surface area contributed by atoms with Crippen LogP contribution in [0.4, 0.5) is 8.78 Å². The van der Waals surface area contributed by atoms with Crippen LogP contribution in [-0.4, -0.2) is 11.2 Å². The maximum atomic E-state index is 13.3. The standard InChI is InChI=1S/C23H22F2O/c24-20-11-7-18(8-12-20)23(19-9-13-21(25)14-10-19)16-22(26)15-6-17-4-2-1-3-5-17/h1-5,7-14,22-23,26H,6,15-16H2. The van der Waals surface area contributed by atoms with Gasteiger partial charge < -0.3 is 5.11 Å². The molecule has 0 aromatic heterocycles. The number of rotatable bonds is 7. The smallest absolute Gasteiger partial charge is 0.123 e. The second-order valence-corrected chi connectivity index (χ2v) is 6.57. The van der Waals surface area contributed by atoms with Gasteiger partial charge in [-0.25, -0.2) is 8.78 Å². The van der Waals surface area contributed by atoms with E-state index in [0.29, 0.717) is 12.8 Å². The Morgan fingerprint density at radius 1 is 0.692 bits per heavy atom. The molecular weight excluding hydrogens is 330 g/mol. The van der Waals surface area contributed by atoms with Crippen LogP contribution in [0.2, 0.25) is 0 Å². The lowest BCUT2D eigenvalue weighted by Gasteiger charge is -2.22. The van der Waals surface area contributed by atoms with Crippen molar-refractivity contribution in [3.05, 3.63) is 107 Å². The number of hydrogen-bond donors (Lipinski definition) is 1. The summed E-state index contributed by atoms with van der Waals surface area (Å²) in [6, 6.07) is 22.6. The molecule has 0 aliphatic carbocycles. The first kappa shape index (κ1) is 18.3. The summed E-state index contributed by atoms with van der Waals surface area (Å²) in [5, 5.41) is 10.6. The molecule has 0 fully saturated rings. The molecule has 0 aliphatic heterocycles. The van der Waals surface area contributed by atoms with Crippen LogP contribution in [0.5, 0.6) is 0 Å². The van der Waals surface area contributed by atoms with E-state index in [4.69, 9.17) is 0 Å². The second-order valence-electron chi connectivity index (χ2n) is 6.57. The summed E-state index contributed by atoms with van der Waals surface area (Å²) in [7, 11) is 0. The van der Waals surface area contributed by atoms with E-state index in [1.54, 1.807) is 24.3 Å². The van der Waals surface area contributed by atoms with Crippen LogP contribution in [0.25, 0.3) is 0 Å². The third kappa shape index (κ3) is 4.99. The van der Waals surface area contributed by atoms with Gasteiger partial charge in [0.1, 0.15) is 11.6 Å². The highest BCUT2D eigenvalue weighted by Crippen LogP contribution is 2.30. The minimum absolute atomic E-state index is 0.109. The fourth-order valence-electron chi connectivity index (χ4n) is 3.22. The molecule has 3 heteroatoms. The number of halogens is 2. The first-order valence-electron chi connectivity index (χ1n) is 8.85. The summed E-state index contributed by atoms with van der Waals surface area (Å²) in [4.78, 5) is 0. The molecule has 3 aromatic rings. The monoisotopic (exact) mass is 352 g/mol. The summed E-state index contributed by atoms with van der Waals surface area (Å²) in [6.45, 7) is 0. The van der Waals surface area contributed by atoms with Gasteiger partial charge in [0.2, 0.25) is 0 Å². The fraction of sp³-hybridized carbons (Fsp3) is 0.217. The molecule has 0 amide bonds. The lowest BCUT2D eigenvalue weighted by molar-refractivity contribution is 0.150. The van der Waals surface area contributed by atoms with E-state index in [0.717, 1.165) is 17.5 Å². The SMILES string of the molecule is OC(CCc1ccccc1)CC(c1ccc(F)cc1)c1ccc(F)cc1. The van der Waals surface area contributed by atoms with Crippen LogP contribution in [0.3, 0.4) is 0 Å². The van der Waals surface area contributed by atoms with Crippen molar-refractivity contribution in [2.75, 3.05) is 0 Å². The van der Waals surface area contributed by atoms with Crippen LogP contribution in [-0.2, 0) is 6.42 Å². The van der Waals surface area contributed by atoms with Gasteiger partial charge in [0.25, 0.3) is 0 Å². The first-order valence-corrected chi connectivity index (χ1v) is 8.85.